The topological polar surface area (TPSA) is 56.7 Å². The van der Waals surface area contributed by atoms with Gasteiger partial charge in [0.1, 0.15) is 0 Å². The number of halogens is 2. The second kappa shape index (κ2) is 4.41. The summed E-state index contributed by atoms with van der Waals surface area (Å²) in [4.78, 5) is 0. The summed E-state index contributed by atoms with van der Waals surface area (Å²) in [7, 11) is 1.79. The van der Waals surface area contributed by atoms with Crippen molar-refractivity contribution >= 4 is 23.2 Å². The second-order valence-corrected chi connectivity index (χ2v) is 4.25. The smallest absolute Gasteiger partial charge is 0.0796 e. The molecule has 0 saturated heterocycles. The largest absolute Gasteiger partial charge is 0.319 e. The lowest BCUT2D eigenvalue weighted by Gasteiger charge is -2.12. The molecule has 0 saturated carbocycles. The van der Waals surface area contributed by atoms with Gasteiger partial charge in [-0.1, -0.05) is 34.5 Å². The number of aromatic nitrogens is 3. The van der Waals surface area contributed by atoms with Crippen molar-refractivity contribution in [1.29, 1.82) is 0 Å². The van der Waals surface area contributed by atoms with Crippen LogP contribution in [0.2, 0.25) is 10.0 Å². The molecule has 0 spiro atoms. The SMILES string of the molecule is Cn1nncc1C(N)c1ccc(Cl)c(Cl)c1. The molecule has 1 aromatic carbocycles. The number of nitrogens with two attached hydrogens (primary N) is 1. The third-order valence-electron chi connectivity index (χ3n) is 2.37. The van der Waals surface area contributed by atoms with E-state index in [1.54, 1.807) is 30.1 Å². The number of hydrogen-bond acceptors (Lipinski definition) is 3. The van der Waals surface area contributed by atoms with Crippen molar-refractivity contribution in [1.82, 2.24) is 15.0 Å². The quantitative estimate of drug-likeness (QED) is 0.896. The van der Waals surface area contributed by atoms with Crippen LogP contribution in [0.3, 0.4) is 0 Å². The number of benzene rings is 1. The van der Waals surface area contributed by atoms with E-state index < -0.39 is 0 Å². The first-order valence-corrected chi connectivity index (χ1v) is 5.40. The lowest BCUT2D eigenvalue weighted by atomic mass is 10.1. The summed E-state index contributed by atoms with van der Waals surface area (Å²) in [5.74, 6) is 0. The summed E-state index contributed by atoms with van der Waals surface area (Å²) >= 11 is 11.8. The first kappa shape index (κ1) is 11.4. The van der Waals surface area contributed by atoms with Gasteiger partial charge in [-0.05, 0) is 17.7 Å². The molecule has 0 aliphatic rings. The Morgan fingerprint density at radius 1 is 1.31 bits per heavy atom. The fourth-order valence-electron chi connectivity index (χ4n) is 1.46. The van der Waals surface area contributed by atoms with Gasteiger partial charge in [0, 0.05) is 7.05 Å². The molecule has 16 heavy (non-hydrogen) atoms. The van der Waals surface area contributed by atoms with Crippen LogP contribution in [0.15, 0.2) is 24.4 Å². The summed E-state index contributed by atoms with van der Waals surface area (Å²) in [6, 6.07) is 5.01. The minimum atomic E-state index is -0.310. The number of aryl methyl sites for hydroxylation is 1. The highest BCUT2D eigenvalue weighted by atomic mass is 35.5. The third kappa shape index (κ3) is 2.04. The number of nitrogens with zero attached hydrogens (tertiary/aromatic N) is 3. The van der Waals surface area contributed by atoms with Gasteiger partial charge >= 0.3 is 0 Å². The average molecular weight is 257 g/mol. The maximum Gasteiger partial charge on any atom is 0.0796 e. The summed E-state index contributed by atoms with van der Waals surface area (Å²) < 4.78 is 1.63. The highest BCUT2D eigenvalue weighted by Gasteiger charge is 2.14. The molecule has 0 aliphatic carbocycles. The molecule has 84 valence electrons. The van der Waals surface area contributed by atoms with E-state index >= 15 is 0 Å². The van der Waals surface area contributed by atoms with E-state index in [1.807, 2.05) is 6.07 Å². The van der Waals surface area contributed by atoms with Crippen molar-refractivity contribution in [3.63, 3.8) is 0 Å². The summed E-state index contributed by atoms with van der Waals surface area (Å²) in [6.07, 6.45) is 1.63. The molecule has 2 rings (SSSR count). The van der Waals surface area contributed by atoms with Crippen molar-refractivity contribution in [2.75, 3.05) is 0 Å². The molecule has 1 atom stereocenters. The maximum atomic E-state index is 6.08. The zero-order valence-electron chi connectivity index (χ0n) is 8.56. The maximum absolute atomic E-state index is 6.08. The highest BCUT2D eigenvalue weighted by molar-refractivity contribution is 6.42. The summed E-state index contributed by atoms with van der Waals surface area (Å²) in [6.45, 7) is 0. The normalized spacial score (nSPS) is 12.8. The lowest BCUT2D eigenvalue weighted by Crippen LogP contribution is -2.15. The van der Waals surface area contributed by atoms with Crippen LogP contribution in [0.1, 0.15) is 17.3 Å². The molecule has 0 aliphatic heterocycles. The van der Waals surface area contributed by atoms with Gasteiger partial charge in [-0.3, -0.25) is 4.68 Å². The molecule has 0 radical (unpaired) electrons. The van der Waals surface area contributed by atoms with Gasteiger partial charge in [0.05, 0.1) is 28.0 Å². The molecule has 0 fully saturated rings. The molecule has 2 aromatic rings. The van der Waals surface area contributed by atoms with Crippen LogP contribution in [-0.2, 0) is 7.05 Å². The fourth-order valence-corrected chi connectivity index (χ4v) is 1.76. The van der Waals surface area contributed by atoms with Crippen LogP contribution in [-0.4, -0.2) is 15.0 Å². The Labute approximate surface area is 103 Å². The molecule has 1 heterocycles. The zero-order chi connectivity index (χ0) is 11.7. The van der Waals surface area contributed by atoms with E-state index in [1.165, 1.54) is 0 Å². The van der Waals surface area contributed by atoms with Crippen LogP contribution in [0.5, 0.6) is 0 Å². The molecule has 0 bridgehead atoms. The minimum absolute atomic E-state index is 0.310. The lowest BCUT2D eigenvalue weighted by molar-refractivity contribution is 0.651. The molecular weight excluding hydrogens is 247 g/mol. The molecular formula is C10H10Cl2N4. The van der Waals surface area contributed by atoms with E-state index in [-0.39, 0.29) is 6.04 Å². The molecule has 2 N–H and O–H groups in total. The van der Waals surface area contributed by atoms with Crippen molar-refractivity contribution < 1.29 is 0 Å². The predicted octanol–water partition coefficient (Wildman–Crippen LogP) is 2.17. The van der Waals surface area contributed by atoms with Crippen LogP contribution in [0.4, 0.5) is 0 Å². The van der Waals surface area contributed by atoms with Gasteiger partial charge in [0.15, 0.2) is 0 Å². The van der Waals surface area contributed by atoms with Gasteiger partial charge in [-0.15, -0.1) is 5.10 Å². The van der Waals surface area contributed by atoms with Gasteiger partial charge < -0.3 is 5.73 Å². The van der Waals surface area contributed by atoms with Crippen LogP contribution in [0, 0.1) is 0 Å². The number of hydrogen-bond donors (Lipinski definition) is 1. The van der Waals surface area contributed by atoms with E-state index in [0.29, 0.717) is 10.0 Å². The Morgan fingerprint density at radius 2 is 2.06 bits per heavy atom. The van der Waals surface area contributed by atoms with E-state index in [4.69, 9.17) is 28.9 Å². The molecule has 6 heteroatoms. The molecule has 4 nitrogen and oxygen atoms in total. The zero-order valence-corrected chi connectivity index (χ0v) is 10.1. The fraction of sp³-hybridized carbons (Fsp3) is 0.200. The standard InChI is InChI=1S/C10H10Cl2N4/c1-16-9(5-14-15-16)10(13)6-2-3-7(11)8(12)4-6/h2-5,10H,13H2,1H3. The summed E-state index contributed by atoms with van der Waals surface area (Å²) in [5, 5.41) is 8.62. The Hall–Kier alpha value is -1.10. The van der Waals surface area contributed by atoms with Gasteiger partial charge in [0.25, 0.3) is 0 Å². The van der Waals surface area contributed by atoms with Crippen molar-refractivity contribution in [3.05, 3.63) is 45.7 Å². The van der Waals surface area contributed by atoms with Gasteiger partial charge in [-0.25, -0.2) is 0 Å². The van der Waals surface area contributed by atoms with Crippen molar-refractivity contribution in [2.45, 2.75) is 6.04 Å². The first-order chi connectivity index (χ1) is 7.59. The third-order valence-corrected chi connectivity index (χ3v) is 3.11. The van der Waals surface area contributed by atoms with Crippen molar-refractivity contribution in [2.24, 2.45) is 12.8 Å². The Balaban J connectivity index is 2.38. The molecule has 0 amide bonds. The Bertz CT molecular complexity index is 509. The average Bonchev–Trinajstić information content (AvgIpc) is 2.67. The molecule has 1 aromatic heterocycles. The van der Waals surface area contributed by atoms with E-state index in [2.05, 4.69) is 10.3 Å². The monoisotopic (exact) mass is 256 g/mol. The van der Waals surface area contributed by atoms with Gasteiger partial charge in [0.2, 0.25) is 0 Å². The second-order valence-electron chi connectivity index (χ2n) is 3.43. The van der Waals surface area contributed by atoms with Crippen LogP contribution >= 0.6 is 23.2 Å². The van der Waals surface area contributed by atoms with Crippen LogP contribution < -0.4 is 5.73 Å². The first-order valence-electron chi connectivity index (χ1n) is 4.64. The Morgan fingerprint density at radius 3 is 2.62 bits per heavy atom. The molecule has 1 unspecified atom stereocenters. The highest BCUT2D eigenvalue weighted by Crippen LogP contribution is 2.27. The predicted molar refractivity (Wildman–Crippen MR) is 63.5 cm³/mol. The van der Waals surface area contributed by atoms with Gasteiger partial charge in [-0.2, -0.15) is 0 Å². The van der Waals surface area contributed by atoms with Crippen molar-refractivity contribution in [3.8, 4) is 0 Å². The Kier molecular flexibility index (Phi) is 3.14. The summed E-state index contributed by atoms with van der Waals surface area (Å²) in [5.41, 5.74) is 7.77. The van der Waals surface area contributed by atoms with E-state index in [0.717, 1.165) is 11.3 Å². The minimum Gasteiger partial charge on any atom is -0.319 e. The van der Waals surface area contributed by atoms with E-state index in [9.17, 15) is 0 Å². The van der Waals surface area contributed by atoms with Crippen LogP contribution in [0.25, 0.3) is 0 Å². The number of rotatable bonds is 2.